The molecule has 0 aliphatic carbocycles. The van der Waals surface area contributed by atoms with Gasteiger partial charge < -0.3 is 0 Å². The molecular formula is C11H13BrOS. The number of rotatable bonds is 4. The summed E-state index contributed by atoms with van der Waals surface area (Å²) in [7, 11) is 0. The smallest absolute Gasteiger partial charge is 0.162 e. The van der Waals surface area contributed by atoms with Gasteiger partial charge in [0.1, 0.15) is 0 Å². The summed E-state index contributed by atoms with van der Waals surface area (Å²) in [5.41, 5.74) is 1.98. The molecule has 0 aliphatic rings. The molecule has 0 saturated carbocycles. The second-order valence-corrected chi connectivity index (χ2v) is 4.31. The van der Waals surface area contributed by atoms with Crippen LogP contribution in [0.4, 0.5) is 0 Å². The van der Waals surface area contributed by atoms with Gasteiger partial charge >= 0.3 is 0 Å². The predicted octanol–water partition coefficient (Wildman–Crippen LogP) is 3.90. The third kappa shape index (κ3) is 2.39. The molecule has 0 aromatic heterocycles. The van der Waals surface area contributed by atoms with E-state index >= 15 is 0 Å². The number of benzene rings is 1. The Morgan fingerprint density at radius 3 is 2.71 bits per heavy atom. The Bertz CT molecular complexity index is 336. The van der Waals surface area contributed by atoms with Gasteiger partial charge in [-0.25, -0.2) is 0 Å². The number of halogens is 1. The molecule has 76 valence electrons. The van der Waals surface area contributed by atoms with Gasteiger partial charge in [-0.1, -0.05) is 35.0 Å². The fraction of sp³-hybridized carbons (Fsp3) is 0.364. The van der Waals surface area contributed by atoms with E-state index in [1.165, 1.54) is 4.90 Å². The van der Waals surface area contributed by atoms with Gasteiger partial charge in [0.05, 0.1) is 0 Å². The minimum Gasteiger partial charge on any atom is -0.294 e. The lowest BCUT2D eigenvalue weighted by atomic mass is 10.0. The molecule has 0 heterocycles. The lowest BCUT2D eigenvalue weighted by Gasteiger charge is -2.09. The molecule has 1 aromatic rings. The number of alkyl halides is 1. The first-order valence-corrected chi connectivity index (χ1v) is 6.84. The Morgan fingerprint density at radius 1 is 1.50 bits per heavy atom. The molecule has 1 nitrogen and oxygen atoms in total. The summed E-state index contributed by atoms with van der Waals surface area (Å²) in [6, 6.07) is 5.90. The van der Waals surface area contributed by atoms with E-state index in [0.717, 1.165) is 16.5 Å². The van der Waals surface area contributed by atoms with Crippen LogP contribution in [-0.2, 0) is 5.33 Å². The van der Waals surface area contributed by atoms with Crippen molar-refractivity contribution in [3.63, 3.8) is 0 Å². The van der Waals surface area contributed by atoms with Crippen molar-refractivity contribution >= 4 is 33.5 Å². The molecule has 0 unspecified atom stereocenters. The molecule has 0 bridgehead atoms. The molecule has 3 heteroatoms. The number of hydrogen-bond donors (Lipinski definition) is 0. The van der Waals surface area contributed by atoms with Crippen LogP contribution >= 0.6 is 27.7 Å². The van der Waals surface area contributed by atoms with Crippen molar-refractivity contribution in [2.45, 2.75) is 23.6 Å². The second-order valence-electron chi connectivity index (χ2n) is 2.90. The van der Waals surface area contributed by atoms with Crippen molar-refractivity contribution in [1.29, 1.82) is 0 Å². The van der Waals surface area contributed by atoms with Crippen LogP contribution in [0.1, 0.15) is 29.3 Å². The summed E-state index contributed by atoms with van der Waals surface area (Å²) in [5.74, 6) is 0.218. The third-order valence-corrected chi connectivity index (χ3v) is 3.49. The number of carbonyl (C=O) groups excluding carboxylic acids is 1. The van der Waals surface area contributed by atoms with Crippen molar-refractivity contribution in [2.75, 3.05) is 6.26 Å². The summed E-state index contributed by atoms with van der Waals surface area (Å²) in [5, 5.41) is 0.741. The van der Waals surface area contributed by atoms with Crippen LogP contribution in [0.3, 0.4) is 0 Å². The maximum Gasteiger partial charge on any atom is 0.162 e. The molecule has 0 atom stereocenters. The van der Waals surface area contributed by atoms with Crippen LogP contribution in [0, 0.1) is 0 Å². The molecule has 0 saturated heterocycles. The fourth-order valence-corrected chi connectivity index (χ4v) is 2.78. The molecule has 0 N–H and O–H groups in total. The Labute approximate surface area is 97.4 Å². The highest BCUT2D eigenvalue weighted by atomic mass is 79.9. The van der Waals surface area contributed by atoms with E-state index in [4.69, 9.17) is 0 Å². The number of ketones is 1. The van der Waals surface area contributed by atoms with Crippen molar-refractivity contribution in [3.8, 4) is 0 Å². The number of thioether (sulfide) groups is 1. The first-order chi connectivity index (χ1) is 6.74. The van der Waals surface area contributed by atoms with Gasteiger partial charge in [-0.2, -0.15) is 0 Å². The number of hydrogen-bond acceptors (Lipinski definition) is 2. The lowest BCUT2D eigenvalue weighted by Crippen LogP contribution is -2.02. The topological polar surface area (TPSA) is 17.1 Å². The zero-order valence-electron chi connectivity index (χ0n) is 8.34. The lowest BCUT2D eigenvalue weighted by molar-refractivity contribution is 0.0987. The Kier molecular flexibility index (Phi) is 4.69. The fourth-order valence-electron chi connectivity index (χ4n) is 1.35. The van der Waals surface area contributed by atoms with E-state index in [1.54, 1.807) is 11.8 Å². The van der Waals surface area contributed by atoms with Crippen molar-refractivity contribution in [3.05, 3.63) is 29.3 Å². The molecule has 14 heavy (non-hydrogen) atoms. The van der Waals surface area contributed by atoms with Crippen molar-refractivity contribution < 1.29 is 4.79 Å². The summed E-state index contributed by atoms with van der Waals surface area (Å²) >= 11 is 5.11. The summed E-state index contributed by atoms with van der Waals surface area (Å²) in [6.45, 7) is 1.89. The molecule has 0 amide bonds. The summed E-state index contributed by atoms with van der Waals surface area (Å²) in [4.78, 5) is 12.8. The van der Waals surface area contributed by atoms with E-state index < -0.39 is 0 Å². The highest BCUT2D eigenvalue weighted by Crippen LogP contribution is 2.26. The van der Waals surface area contributed by atoms with Gasteiger partial charge in [-0.3, -0.25) is 4.79 Å². The molecule has 0 fully saturated rings. The van der Waals surface area contributed by atoms with E-state index in [-0.39, 0.29) is 5.78 Å². The quantitative estimate of drug-likeness (QED) is 0.470. The minimum atomic E-state index is 0.218. The van der Waals surface area contributed by atoms with E-state index in [9.17, 15) is 4.79 Å². The van der Waals surface area contributed by atoms with Crippen LogP contribution < -0.4 is 0 Å². The van der Waals surface area contributed by atoms with Crippen molar-refractivity contribution in [2.24, 2.45) is 0 Å². The maximum atomic E-state index is 11.6. The van der Waals surface area contributed by atoms with Gasteiger partial charge in [0, 0.05) is 22.2 Å². The number of Topliss-reactive ketones (excluding diaryl/α,β-unsaturated/α-hetero) is 1. The highest BCUT2D eigenvalue weighted by molar-refractivity contribution is 9.08. The maximum absolute atomic E-state index is 11.6. The molecule has 1 aromatic carbocycles. The number of carbonyl (C=O) groups is 1. The van der Waals surface area contributed by atoms with Gasteiger partial charge in [0.25, 0.3) is 0 Å². The highest BCUT2D eigenvalue weighted by Gasteiger charge is 2.11. The third-order valence-electron chi connectivity index (χ3n) is 2.11. The second kappa shape index (κ2) is 5.56. The summed E-state index contributed by atoms with van der Waals surface area (Å²) < 4.78 is 0. The zero-order chi connectivity index (χ0) is 10.6. The zero-order valence-corrected chi connectivity index (χ0v) is 10.7. The van der Waals surface area contributed by atoms with Crippen LogP contribution in [-0.4, -0.2) is 12.0 Å². The SMILES string of the molecule is CCC(=O)c1cccc(SC)c1CBr. The minimum absolute atomic E-state index is 0.218. The predicted molar refractivity (Wildman–Crippen MR) is 65.5 cm³/mol. The first-order valence-electron chi connectivity index (χ1n) is 4.49. The van der Waals surface area contributed by atoms with Gasteiger partial charge in [0.15, 0.2) is 5.78 Å². The van der Waals surface area contributed by atoms with Crippen molar-refractivity contribution in [1.82, 2.24) is 0 Å². The van der Waals surface area contributed by atoms with Gasteiger partial charge in [0.2, 0.25) is 0 Å². The van der Waals surface area contributed by atoms with Crippen LogP contribution in [0.5, 0.6) is 0 Å². The molecule has 0 spiro atoms. The van der Waals surface area contributed by atoms with Gasteiger partial charge in [-0.05, 0) is 17.9 Å². The molecule has 0 aliphatic heterocycles. The Hall–Kier alpha value is -0.280. The molecular weight excluding hydrogens is 260 g/mol. The van der Waals surface area contributed by atoms with Crippen LogP contribution in [0.2, 0.25) is 0 Å². The normalized spacial score (nSPS) is 10.2. The largest absolute Gasteiger partial charge is 0.294 e. The molecule has 0 radical (unpaired) electrons. The first kappa shape index (κ1) is 11.8. The Morgan fingerprint density at radius 2 is 2.21 bits per heavy atom. The van der Waals surface area contributed by atoms with E-state index in [0.29, 0.717) is 6.42 Å². The molecule has 1 rings (SSSR count). The average Bonchev–Trinajstić information content (AvgIpc) is 2.26. The summed E-state index contributed by atoms with van der Waals surface area (Å²) in [6.07, 6.45) is 2.60. The van der Waals surface area contributed by atoms with Crippen LogP contribution in [0.15, 0.2) is 23.1 Å². The Balaban J connectivity index is 3.21. The standard InChI is InChI=1S/C11H13BrOS/c1-3-10(13)8-5-4-6-11(14-2)9(8)7-12/h4-6H,3,7H2,1-2H3. The van der Waals surface area contributed by atoms with E-state index in [1.807, 2.05) is 31.4 Å². The monoisotopic (exact) mass is 272 g/mol. The van der Waals surface area contributed by atoms with E-state index in [2.05, 4.69) is 15.9 Å². The average molecular weight is 273 g/mol. The van der Waals surface area contributed by atoms with Gasteiger partial charge in [-0.15, -0.1) is 11.8 Å². The van der Waals surface area contributed by atoms with Crippen LogP contribution in [0.25, 0.3) is 0 Å².